The lowest BCUT2D eigenvalue weighted by molar-refractivity contribution is -0.137. The Hall–Kier alpha value is -2.65. The second-order valence-electron chi connectivity index (χ2n) is 7.76. The van der Waals surface area contributed by atoms with Crippen LogP contribution in [0.4, 0.5) is 13.2 Å². The molecule has 1 unspecified atom stereocenters. The predicted molar refractivity (Wildman–Crippen MR) is 105 cm³/mol. The zero-order valence-electron chi connectivity index (χ0n) is 16.9. The van der Waals surface area contributed by atoms with Gasteiger partial charge in [0, 0.05) is 12.0 Å². The van der Waals surface area contributed by atoms with Gasteiger partial charge in [-0.2, -0.15) is 18.4 Å². The summed E-state index contributed by atoms with van der Waals surface area (Å²) in [6.45, 7) is 6.12. The fourth-order valence-electron chi connectivity index (χ4n) is 3.33. The molecule has 1 saturated heterocycles. The highest BCUT2D eigenvalue weighted by Gasteiger charge is 2.53. The van der Waals surface area contributed by atoms with E-state index >= 15 is 0 Å². The second-order valence-corrected chi connectivity index (χ2v) is 11.0. The molecule has 0 radical (unpaired) electrons. The maximum Gasteiger partial charge on any atom is 0.417 e. The maximum absolute atomic E-state index is 13.2. The van der Waals surface area contributed by atoms with Gasteiger partial charge in [0.2, 0.25) is 0 Å². The average Bonchev–Trinajstić information content (AvgIpc) is 3.12. The Morgan fingerprint density at radius 2 is 1.97 bits per heavy atom. The number of benzene rings is 1. The van der Waals surface area contributed by atoms with Gasteiger partial charge in [0.25, 0.3) is 15.9 Å². The smallest absolute Gasteiger partial charge is 0.417 e. The van der Waals surface area contributed by atoms with E-state index in [-0.39, 0.29) is 22.2 Å². The molecule has 0 N–H and O–H groups in total. The predicted octanol–water partition coefficient (Wildman–Crippen LogP) is 3.66. The van der Waals surface area contributed by atoms with Gasteiger partial charge in [0.05, 0.1) is 27.9 Å². The minimum atomic E-state index is -4.80. The topological polar surface area (TPSA) is 100 Å². The Kier molecular flexibility index (Phi) is 5.56. The van der Waals surface area contributed by atoms with Crippen molar-refractivity contribution in [2.75, 3.05) is 6.54 Å². The summed E-state index contributed by atoms with van der Waals surface area (Å²) in [6, 6.07) is 4.19. The van der Waals surface area contributed by atoms with E-state index in [0.29, 0.717) is 15.4 Å². The zero-order valence-corrected chi connectivity index (χ0v) is 18.6. The lowest BCUT2D eigenvalue weighted by atomic mass is 9.89. The average molecular weight is 473 g/mol. The van der Waals surface area contributed by atoms with Gasteiger partial charge < -0.3 is 4.74 Å². The zero-order chi connectivity index (χ0) is 23.4. The normalized spacial score (nSPS) is 18.8. The van der Waals surface area contributed by atoms with E-state index in [4.69, 9.17) is 10.00 Å². The highest BCUT2D eigenvalue weighted by Crippen LogP contribution is 2.40. The van der Waals surface area contributed by atoms with E-state index < -0.39 is 44.8 Å². The molecular weight excluding hydrogens is 455 g/mol. The number of carbonyl (C=O) groups is 1. The maximum atomic E-state index is 13.2. The Balaban J connectivity index is 1.96. The molecule has 0 spiro atoms. The molecule has 1 aliphatic rings. The number of alkyl halides is 3. The van der Waals surface area contributed by atoms with Gasteiger partial charge in [0.1, 0.15) is 5.75 Å². The summed E-state index contributed by atoms with van der Waals surface area (Å²) >= 11 is 0.935. The van der Waals surface area contributed by atoms with Crippen LogP contribution in [0.1, 0.15) is 35.7 Å². The van der Waals surface area contributed by atoms with Gasteiger partial charge in [-0.25, -0.2) is 17.7 Å². The van der Waals surface area contributed by atoms with Crippen LogP contribution in [0.15, 0.2) is 22.4 Å². The van der Waals surface area contributed by atoms with Gasteiger partial charge in [-0.15, -0.1) is 11.3 Å². The third-order valence-electron chi connectivity index (χ3n) is 4.79. The number of nitriles is 1. The molecule has 1 aromatic carbocycles. The lowest BCUT2D eigenvalue weighted by Crippen LogP contribution is -2.38. The minimum absolute atomic E-state index is 0.0625. The largest absolute Gasteiger partial charge is 0.480 e. The first-order valence-corrected chi connectivity index (χ1v) is 11.2. The van der Waals surface area contributed by atoms with Crippen molar-refractivity contribution >= 4 is 27.3 Å². The van der Waals surface area contributed by atoms with Gasteiger partial charge >= 0.3 is 6.18 Å². The second kappa shape index (κ2) is 7.49. The molecule has 0 aliphatic carbocycles. The molecule has 1 amide bonds. The standard InChI is InChI=1S/C19H18F3N3O4S2/c1-10-17(30-11(2)24-10)31(27,28)25-9-18(3,4)15(16(25)26)29-13-6-5-12(8-23)14(7-13)19(20,21)22/h5-7,15H,9H2,1-4H3. The van der Waals surface area contributed by atoms with Crippen LogP contribution in [0.3, 0.4) is 0 Å². The molecule has 0 bridgehead atoms. The number of thiazole rings is 1. The van der Waals surface area contributed by atoms with Crippen LogP contribution in [-0.2, 0) is 21.0 Å². The van der Waals surface area contributed by atoms with Crippen molar-refractivity contribution in [3.05, 3.63) is 40.0 Å². The van der Waals surface area contributed by atoms with E-state index in [0.717, 1.165) is 23.5 Å². The Morgan fingerprint density at radius 1 is 1.32 bits per heavy atom. The van der Waals surface area contributed by atoms with Crippen LogP contribution in [-0.4, -0.2) is 36.3 Å². The molecule has 2 heterocycles. The van der Waals surface area contributed by atoms with Gasteiger partial charge in [0.15, 0.2) is 10.3 Å². The van der Waals surface area contributed by atoms with Crippen LogP contribution in [0, 0.1) is 30.6 Å². The van der Waals surface area contributed by atoms with Crippen molar-refractivity contribution in [3.63, 3.8) is 0 Å². The van der Waals surface area contributed by atoms with Crippen LogP contribution >= 0.6 is 11.3 Å². The number of nitrogens with zero attached hydrogens (tertiary/aromatic N) is 3. The SMILES string of the molecule is Cc1nc(C)c(S(=O)(=O)N2CC(C)(C)C(Oc3ccc(C#N)c(C(F)(F)F)c3)C2=O)s1. The number of ether oxygens (including phenoxy) is 1. The van der Waals surface area contributed by atoms with E-state index in [1.807, 2.05) is 0 Å². The van der Waals surface area contributed by atoms with Crippen LogP contribution in [0.2, 0.25) is 0 Å². The summed E-state index contributed by atoms with van der Waals surface area (Å²) in [5.74, 6) is -1.17. The summed E-state index contributed by atoms with van der Waals surface area (Å²) in [7, 11) is -4.20. The molecule has 166 valence electrons. The molecule has 12 heteroatoms. The van der Waals surface area contributed by atoms with Gasteiger partial charge in [-0.3, -0.25) is 4.79 Å². The van der Waals surface area contributed by atoms with Crippen LogP contribution in [0.5, 0.6) is 5.75 Å². The van der Waals surface area contributed by atoms with E-state index in [2.05, 4.69) is 4.98 Å². The summed E-state index contributed by atoms with van der Waals surface area (Å²) in [4.78, 5) is 17.1. The number of hydrogen-bond acceptors (Lipinski definition) is 7. The third kappa shape index (κ3) is 4.12. The number of hydrogen-bond donors (Lipinski definition) is 0. The molecule has 1 fully saturated rings. The third-order valence-corrected chi connectivity index (χ3v) is 8.19. The number of rotatable bonds is 4. The quantitative estimate of drug-likeness (QED) is 0.672. The van der Waals surface area contributed by atoms with Crippen molar-refractivity contribution in [1.82, 2.24) is 9.29 Å². The first-order chi connectivity index (χ1) is 14.2. The van der Waals surface area contributed by atoms with E-state index in [1.54, 1.807) is 20.8 Å². The highest BCUT2D eigenvalue weighted by atomic mass is 32.2. The summed E-state index contributed by atoms with van der Waals surface area (Å²) in [6.07, 6.45) is -6.14. The van der Waals surface area contributed by atoms with Crippen LogP contribution < -0.4 is 4.74 Å². The van der Waals surface area contributed by atoms with Gasteiger partial charge in [-0.1, -0.05) is 13.8 Å². The molecule has 7 nitrogen and oxygen atoms in total. The van der Waals surface area contributed by atoms with E-state index in [1.165, 1.54) is 13.0 Å². The summed E-state index contributed by atoms with van der Waals surface area (Å²) in [5.41, 5.74) is -2.54. The number of amides is 1. The van der Waals surface area contributed by atoms with Crippen LogP contribution in [0.25, 0.3) is 0 Å². The Labute approximate surface area is 181 Å². The Bertz CT molecular complexity index is 1200. The molecule has 0 saturated carbocycles. The van der Waals surface area contributed by atoms with Gasteiger partial charge in [-0.05, 0) is 32.0 Å². The van der Waals surface area contributed by atoms with Crippen molar-refractivity contribution in [3.8, 4) is 11.8 Å². The number of halogens is 3. The number of carbonyl (C=O) groups excluding carboxylic acids is 1. The summed E-state index contributed by atoms with van der Waals surface area (Å²) in [5, 5.41) is 9.44. The molecule has 2 aromatic rings. The highest BCUT2D eigenvalue weighted by molar-refractivity contribution is 7.91. The minimum Gasteiger partial charge on any atom is -0.480 e. The molecule has 1 aliphatic heterocycles. The molecule has 3 rings (SSSR count). The Morgan fingerprint density at radius 3 is 2.48 bits per heavy atom. The van der Waals surface area contributed by atoms with Crippen molar-refractivity contribution in [2.45, 2.75) is 44.2 Å². The molecule has 1 aromatic heterocycles. The van der Waals surface area contributed by atoms with Crippen molar-refractivity contribution in [2.24, 2.45) is 5.41 Å². The first-order valence-electron chi connectivity index (χ1n) is 8.97. The number of aromatic nitrogens is 1. The van der Waals surface area contributed by atoms with E-state index in [9.17, 15) is 26.4 Å². The lowest BCUT2D eigenvalue weighted by Gasteiger charge is -2.24. The molecule has 31 heavy (non-hydrogen) atoms. The molecular formula is C19H18F3N3O4S2. The molecule has 1 atom stereocenters. The van der Waals surface area contributed by atoms with Crippen molar-refractivity contribution < 1.29 is 31.1 Å². The van der Waals surface area contributed by atoms with Crippen molar-refractivity contribution in [1.29, 1.82) is 5.26 Å². The number of aryl methyl sites for hydroxylation is 2. The summed E-state index contributed by atoms with van der Waals surface area (Å²) < 4.78 is 72.0. The fourth-order valence-corrected chi connectivity index (χ4v) is 6.48. The number of sulfonamides is 1. The first kappa shape index (κ1) is 23.0. The fraction of sp³-hybridized carbons (Fsp3) is 0.421. The monoisotopic (exact) mass is 473 g/mol.